The third-order valence-electron chi connectivity index (χ3n) is 4.88. The SMILES string of the molecule is C=C1[C@H]2CC[C@H](C2)[C@]1(C)CC/C=C(\C)C=O. The predicted molar refractivity (Wildman–Crippen MR) is 67.1 cm³/mol. The summed E-state index contributed by atoms with van der Waals surface area (Å²) < 4.78 is 0. The highest BCUT2D eigenvalue weighted by molar-refractivity contribution is 5.71. The van der Waals surface area contributed by atoms with Gasteiger partial charge in [-0.25, -0.2) is 0 Å². The van der Waals surface area contributed by atoms with Crippen LogP contribution in [0.3, 0.4) is 0 Å². The van der Waals surface area contributed by atoms with Crippen LogP contribution in [-0.4, -0.2) is 6.29 Å². The van der Waals surface area contributed by atoms with Crippen LogP contribution in [0.15, 0.2) is 23.8 Å². The number of carbonyl (C=O) groups is 1. The Morgan fingerprint density at radius 2 is 2.31 bits per heavy atom. The lowest BCUT2D eigenvalue weighted by atomic mass is 9.69. The lowest BCUT2D eigenvalue weighted by Crippen LogP contribution is -2.26. The lowest BCUT2D eigenvalue weighted by Gasteiger charge is -2.36. The Kier molecular flexibility index (Phi) is 3.05. The second-order valence-corrected chi connectivity index (χ2v) is 5.75. The molecule has 2 bridgehead atoms. The fourth-order valence-electron chi connectivity index (χ4n) is 3.62. The summed E-state index contributed by atoms with van der Waals surface area (Å²) in [6, 6.07) is 0. The van der Waals surface area contributed by atoms with Crippen LogP contribution in [0.25, 0.3) is 0 Å². The van der Waals surface area contributed by atoms with Crippen LogP contribution in [0.1, 0.15) is 46.0 Å². The van der Waals surface area contributed by atoms with Crippen molar-refractivity contribution in [3.8, 4) is 0 Å². The summed E-state index contributed by atoms with van der Waals surface area (Å²) in [7, 11) is 0. The van der Waals surface area contributed by atoms with Gasteiger partial charge in [-0.05, 0) is 61.9 Å². The normalized spacial score (nSPS) is 38.1. The molecule has 3 atom stereocenters. The number of allylic oxidation sites excluding steroid dienone is 3. The third-order valence-corrected chi connectivity index (χ3v) is 4.88. The summed E-state index contributed by atoms with van der Waals surface area (Å²) >= 11 is 0. The summed E-state index contributed by atoms with van der Waals surface area (Å²) in [5.74, 6) is 1.65. The molecule has 0 saturated heterocycles. The summed E-state index contributed by atoms with van der Waals surface area (Å²) in [5.41, 5.74) is 2.70. The van der Waals surface area contributed by atoms with Gasteiger partial charge in [-0.15, -0.1) is 0 Å². The van der Waals surface area contributed by atoms with E-state index in [2.05, 4.69) is 19.6 Å². The molecule has 0 heterocycles. The first-order chi connectivity index (χ1) is 7.58. The molecule has 0 amide bonds. The van der Waals surface area contributed by atoms with Gasteiger partial charge < -0.3 is 0 Å². The molecule has 2 saturated carbocycles. The Morgan fingerprint density at radius 3 is 2.88 bits per heavy atom. The van der Waals surface area contributed by atoms with Gasteiger partial charge in [0, 0.05) is 0 Å². The minimum Gasteiger partial charge on any atom is -0.298 e. The Balaban J connectivity index is 1.99. The number of hydrogen-bond acceptors (Lipinski definition) is 1. The molecule has 0 aromatic carbocycles. The van der Waals surface area contributed by atoms with Gasteiger partial charge in [0.2, 0.25) is 0 Å². The van der Waals surface area contributed by atoms with Gasteiger partial charge >= 0.3 is 0 Å². The minimum absolute atomic E-state index is 0.350. The van der Waals surface area contributed by atoms with Crippen LogP contribution >= 0.6 is 0 Å². The zero-order chi connectivity index (χ0) is 11.8. The molecule has 0 unspecified atom stereocenters. The summed E-state index contributed by atoms with van der Waals surface area (Å²) in [5, 5.41) is 0. The molecule has 0 spiro atoms. The molecule has 1 heteroatoms. The van der Waals surface area contributed by atoms with Gasteiger partial charge in [-0.3, -0.25) is 4.79 Å². The molecule has 0 radical (unpaired) electrons. The average molecular weight is 218 g/mol. The monoisotopic (exact) mass is 218 g/mol. The van der Waals surface area contributed by atoms with Crippen LogP contribution in [0, 0.1) is 17.3 Å². The Bertz CT molecular complexity index is 339. The molecule has 0 aromatic rings. The number of hydrogen-bond donors (Lipinski definition) is 0. The van der Waals surface area contributed by atoms with Gasteiger partial charge in [0.05, 0.1) is 0 Å². The zero-order valence-corrected chi connectivity index (χ0v) is 10.5. The van der Waals surface area contributed by atoms with Crippen molar-refractivity contribution < 1.29 is 4.79 Å². The molecule has 2 aliphatic carbocycles. The summed E-state index contributed by atoms with van der Waals surface area (Å²) in [6.45, 7) is 8.58. The van der Waals surface area contributed by atoms with Crippen LogP contribution in [0.2, 0.25) is 0 Å². The van der Waals surface area contributed by atoms with E-state index in [1.165, 1.54) is 24.8 Å². The van der Waals surface area contributed by atoms with E-state index >= 15 is 0 Å². The van der Waals surface area contributed by atoms with Gasteiger partial charge in [0.15, 0.2) is 0 Å². The fraction of sp³-hybridized carbons (Fsp3) is 0.667. The predicted octanol–water partition coefficient (Wildman–Crippen LogP) is 3.90. The summed E-state index contributed by atoms with van der Waals surface area (Å²) in [4.78, 5) is 10.5. The van der Waals surface area contributed by atoms with Crippen molar-refractivity contribution in [3.05, 3.63) is 23.8 Å². The highest BCUT2D eigenvalue weighted by atomic mass is 16.1. The number of fused-ring (bicyclic) bond motifs is 2. The zero-order valence-electron chi connectivity index (χ0n) is 10.5. The molecule has 0 aromatic heterocycles. The fourth-order valence-corrected chi connectivity index (χ4v) is 3.62. The quantitative estimate of drug-likeness (QED) is 0.397. The van der Waals surface area contributed by atoms with Gasteiger partial charge in [0.25, 0.3) is 0 Å². The van der Waals surface area contributed by atoms with Gasteiger partial charge in [0.1, 0.15) is 6.29 Å². The van der Waals surface area contributed by atoms with Crippen molar-refractivity contribution in [3.63, 3.8) is 0 Å². The Hall–Kier alpha value is -0.850. The van der Waals surface area contributed by atoms with Crippen molar-refractivity contribution in [2.45, 2.75) is 46.0 Å². The van der Waals surface area contributed by atoms with E-state index in [0.717, 1.165) is 36.5 Å². The van der Waals surface area contributed by atoms with Crippen molar-refractivity contribution in [1.82, 2.24) is 0 Å². The Labute approximate surface area is 98.6 Å². The first-order valence-corrected chi connectivity index (χ1v) is 6.39. The maximum absolute atomic E-state index is 10.5. The maximum Gasteiger partial charge on any atom is 0.145 e. The molecule has 2 fully saturated rings. The van der Waals surface area contributed by atoms with E-state index in [0.29, 0.717) is 5.41 Å². The van der Waals surface area contributed by atoms with E-state index in [9.17, 15) is 4.79 Å². The number of aldehydes is 1. The van der Waals surface area contributed by atoms with E-state index in [-0.39, 0.29) is 0 Å². The average Bonchev–Trinajstić information content (AvgIpc) is 2.83. The second kappa shape index (κ2) is 4.20. The van der Waals surface area contributed by atoms with Gasteiger partial charge in [-0.2, -0.15) is 0 Å². The molecule has 1 nitrogen and oxygen atoms in total. The smallest absolute Gasteiger partial charge is 0.145 e. The van der Waals surface area contributed by atoms with E-state index < -0.39 is 0 Å². The van der Waals surface area contributed by atoms with E-state index in [1.807, 2.05) is 6.92 Å². The van der Waals surface area contributed by atoms with Crippen molar-refractivity contribution >= 4 is 6.29 Å². The van der Waals surface area contributed by atoms with Crippen molar-refractivity contribution in [2.24, 2.45) is 17.3 Å². The molecule has 0 N–H and O–H groups in total. The highest BCUT2D eigenvalue weighted by Crippen LogP contribution is 2.60. The first-order valence-electron chi connectivity index (χ1n) is 6.39. The second-order valence-electron chi connectivity index (χ2n) is 5.75. The van der Waals surface area contributed by atoms with Crippen LogP contribution < -0.4 is 0 Å². The molecule has 0 aliphatic heterocycles. The number of carbonyl (C=O) groups excluding carboxylic acids is 1. The molecular weight excluding hydrogens is 196 g/mol. The lowest BCUT2D eigenvalue weighted by molar-refractivity contribution is -0.104. The van der Waals surface area contributed by atoms with E-state index in [4.69, 9.17) is 0 Å². The van der Waals surface area contributed by atoms with E-state index in [1.54, 1.807) is 0 Å². The standard InChI is InChI=1S/C15H22O/c1-11(10-16)5-4-8-15(3)12(2)13-6-7-14(15)9-13/h5,10,13-14H,2,4,6-9H2,1,3H3/b11-5+/t13-,14+,15+/m0/s1. The van der Waals surface area contributed by atoms with Crippen LogP contribution in [0.4, 0.5) is 0 Å². The molecular formula is C15H22O. The molecule has 2 aliphatic rings. The van der Waals surface area contributed by atoms with Crippen LogP contribution in [-0.2, 0) is 4.79 Å². The minimum atomic E-state index is 0.350. The molecule has 16 heavy (non-hydrogen) atoms. The molecule has 88 valence electrons. The van der Waals surface area contributed by atoms with Crippen molar-refractivity contribution in [1.29, 1.82) is 0 Å². The Morgan fingerprint density at radius 1 is 1.56 bits per heavy atom. The third kappa shape index (κ3) is 1.77. The van der Waals surface area contributed by atoms with Crippen LogP contribution in [0.5, 0.6) is 0 Å². The summed E-state index contributed by atoms with van der Waals surface area (Å²) in [6.07, 6.45) is 9.31. The highest BCUT2D eigenvalue weighted by Gasteiger charge is 2.49. The number of rotatable bonds is 4. The maximum atomic E-state index is 10.5. The topological polar surface area (TPSA) is 17.1 Å². The van der Waals surface area contributed by atoms with Gasteiger partial charge in [-0.1, -0.05) is 25.2 Å². The first kappa shape index (κ1) is 11.6. The largest absolute Gasteiger partial charge is 0.298 e. The van der Waals surface area contributed by atoms with Crippen molar-refractivity contribution in [2.75, 3.05) is 0 Å². The molecule has 2 rings (SSSR count).